The number of amides is 2. The van der Waals surface area contributed by atoms with E-state index in [1.165, 1.54) is 31.5 Å². The van der Waals surface area contributed by atoms with Gasteiger partial charge in [0.2, 0.25) is 0 Å². The Bertz CT molecular complexity index is 707. The molecule has 1 aliphatic rings. The second kappa shape index (κ2) is 11.6. The molecule has 2 amide bonds. The number of hydrogen-bond acceptors (Lipinski definition) is 4. The highest BCUT2D eigenvalue weighted by Gasteiger charge is 2.15. The Balaban J connectivity index is 1.25. The zero-order valence-corrected chi connectivity index (χ0v) is 17.4. The summed E-state index contributed by atoms with van der Waals surface area (Å²) in [4.78, 5) is 14.4. The lowest BCUT2D eigenvalue weighted by Crippen LogP contribution is -2.35. The molecule has 1 aliphatic heterocycles. The van der Waals surface area contributed by atoms with Gasteiger partial charge in [0.15, 0.2) is 0 Å². The van der Waals surface area contributed by atoms with Crippen molar-refractivity contribution in [2.24, 2.45) is 5.92 Å². The molecule has 0 radical (unpaired) electrons. The van der Waals surface area contributed by atoms with Gasteiger partial charge in [-0.3, -0.25) is 4.90 Å². The van der Waals surface area contributed by atoms with Crippen molar-refractivity contribution < 1.29 is 13.9 Å². The minimum atomic E-state index is -0.150. The quantitative estimate of drug-likeness (QED) is 0.595. The van der Waals surface area contributed by atoms with Crippen molar-refractivity contribution in [3.63, 3.8) is 0 Å². The van der Waals surface area contributed by atoms with E-state index in [9.17, 15) is 4.79 Å². The summed E-state index contributed by atoms with van der Waals surface area (Å²) < 4.78 is 10.7. The van der Waals surface area contributed by atoms with E-state index >= 15 is 0 Å². The highest BCUT2D eigenvalue weighted by atomic mass is 16.5. The predicted octanol–water partition coefficient (Wildman–Crippen LogP) is 3.92. The van der Waals surface area contributed by atoms with Crippen molar-refractivity contribution in [3.8, 4) is 0 Å². The molecule has 29 heavy (non-hydrogen) atoms. The number of furan rings is 1. The van der Waals surface area contributed by atoms with E-state index in [0.29, 0.717) is 26.3 Å². The first-order valence-electron chi connectivity index (χ1n) is 10.6. The minimum absolute atomic E-state index is 0.150. The summed E-state index contributed by atoms with van der Waals surface area (Å²) in [6.45, 7) is 7.90. The van der Waals surface area contributed by atoms with Crippen LogP contribution in [-0.4, -0.2) is 37.2 Å². The van der Waals surface area contributed by atoms with Crippen molar-refractivity contribution in [2.75, 3.05) is 26.2 Å². The summed E-state index contributed by atoms with van der Waals surface area (Å²) in [5.41, 5.74) is 2.44. The van der Waals surface area contributed by atoms with Crippen LogP contribution in [-0.2, 0) is 24.4 Å². The first kappa shape index (κ1) is 21.4. The topological polar surface area (TPSA) is 66.7 Å². The van der Waals surface area contributed by atoms with Gasteiger partial charge in [0.25, 0.3) is 0 Å². The van der Waals surface area contributed by atoms with Gasteiger partial charge in [0.1, 0.15) is 12.4 Å². The molecule has 0 saturated carbocycles. The molecule has 0 bridgehead atoms. The predicted molar refractivity (Wildman–Crippen MR) is 113 cm³/mol. The van der Waals surface area contributed by atoms with Gasteiger partial charge in [-0.1, -0.05) is 31.2 Å². The van der Waals surface area contributed by atoms with Crippen molar-refractivity contribution in [1.29, 1.82) is 0 Å². The van der Waals surface area contributed by atoms with Crippen molar-refractivity contribution in [3.05, 3.63) is 59.5 Å². The van der Waals surface area contributed by atoms with E-state index in [1.807, 2.05) is 12.1 Å². The number of rotatable bonds is 10. The zero-order chi connectivity index (χ0) is 20.3. The van der Waals surface area contributed by atoms with Crippen LogP contribution >= 0.6 is 0 Å². The number of carbonyl (C=O) groups is 1. The van der Waals surface area contributed by atoms with Crippen LogP contribution in [0.2, 0.25) is 0 Å². The summed E-state index contributed by atoms with van der Waals surface area (Å²) in [6, 6.07) is 12.1. The van der Waals surface area contributed by atoms with Gasteiger partial charge < -0.3 is 19.8 Å². The first-order valence-corrected chi connectivity index (χ1v) is 10.6. The maximum Gasteiger partial charge on any atom is 0.315 e. The lowest BCUT2D eigenvalue weighted by molar-refractivity contribution is 0.104. The van der Waals surface area contributed by atoms with Crippen LogP contribution in [0.15, 0.2) is 47.1 Å². The highest BCUT2D eigenvalue weighted by Crippen LogP contribution is 2.18. The molecule has 3 rings (SSSR count). The van der Waals surface area contributed by atoms with Gasteiger partial charge in [-0.25, -0.2) is 4.79 Å². The number of carbonyl (C=O) groups excluding carboxylic acids is 1. The van der Waals surface area contributed by atoms with Crippen LogP contribution in [0.5, 0.6) is 0 Å². The van der Waals surface area contributed by atoms with Gasteiger partial charge in [0, 0.05) is 26.2 Å². The number of likely N-dealkylation sites (tertiary alicyclic amines) is 1. The third kappa shape index (κ3) is 7.91. The fourth-order valence-electron chi connectivity index (χ4n) is 3.43. The molecule has 0 spiro atoms. The second-order valence-corrected chi connectivity index (χ2v) is 7.87. The number of nitrogens with one attached hydrogen (secondary N) is 2. The average molecular weight is 400 g/mol. The molecule has 1 aromatic carbocycles. The van der Waals surface area contributed by atoms with Crippen LogP contribution in [0, 0.1) is 5.92 Å². The number of piperidine rings is 1. The van der Waals surface area contributed by atoms with Crippen LogP contribution in [0.4, 0.5) is 4.79 Å². The average Bonchev–Trinajstić information content (AvgIpc) is 3.25. The summed E-state index contributed by atoms with van der Waals surface area (Å²) in [7, 11) is 0. The van der Waals surface area contributed by atoms with E-state index in [0.717, 1.165) is 30.2 Å². The molecule has 6 heteroatoms. The molecule has 0 unspecified atom stereocenters. The lowest BCUT2D eigenvalue weighted by atomic mass is 9.99. The van der Waals surface area contributed by atoms with Gasteiger partial charge in [-0.15, -0.1) is 0 Å². The number of nitrogens with zero attached hydrogens (tertiary/aromatic N) is 1. The Labute approximate surface area is 173 Å². The molecular weight excluding hydrogens is 366 g/mol. The maximum absolute atomic E-state index is 11.9. The summed E-state index contributed by atoms with van der Waals surface area (Å²) in [5, 5.41) is 5.76. The van der Waals surface area contributed by atoms with E-state index in [4.69, 9.17) is 9.15 Å². The van der Waals surface area contributed by atoms with Crippen LogP contribution < -0.4 is 10.6 Å². The molecule has 2 aromatic rings. The Hall–Kier alpha value is -2.31. The van der Waals surface area contributed by atoms with Crippen molar-refractivity contribution in [1.82, 2.24) is 15.5 Å². The summed E-state index contributed by atoms with van der Waals surface area (Å²) in [6.07, 6.45) is 4.99. The fourth-order valence-corrected chi connectivity index (χ4v) is 3.43. The van der Waals surface area contributed by atoms with Gasteiger partial charge >= 0.3 is 6.03 Å². The summed E-state index contributed by atoms with van der Waals surface area (Å²) in [5.74, 6) is 1.67. The van der Waals surface area contributed by atoms with E-state index in [2.05, 4.69) is 46.7 Å². The molecular formula is C23H33N3O3. The zero-order valence-electron chi connectivity index (χ0n) is 17.4. The van der Waals surface area contributed by atoms with Gasteiger partial charge in [0.05, 0.1) is 6.26 Å². The monoisotopic (exact) mass is 399 g/mol. The Kier molecular flexibility index (Phi) is 8.58. The van der Waals surface area contributed by atoms with Crippen LogP contribution in [0.3, 0.4) is 0 Å². The SMILES string of the molecule is CC1CCN(Cc2ccc(CNC(=O)NCCCOCc3ccco3)cc2)CC1. The van der Waals surface area contributed by atoms with Crippen LogP contribution in [0.1, 0.15) is 43.1 Å². The van der Waals surface area contributed by atoms with Crippen molar-refractivity contribution in [2.45, 2.75) is 45.9 Å². The van der Waals surface area contributed by atoms with Crippen molar-refractivity contribution >= 4 is 6.03 Å². The normalized spacial score (nSPS) is 15.3. The number of urea groups is 1. The minimum Gasteiger partial charge on any atom is -0.467 e. The van der Waals surface area contributed by atoms with Crippen LogP contribution in [0.25, 0.3) is 0 Å². The molecule has 6 nitrogen and oxygen atoms in total. The molecule has 0 aliphatic carbocycles. The molecule has 158 valence electrons. The van der Waals surface area contributed by atoms with E-state index in [1.54, 1.807) is 6.26 Å². The highest BCUT2D eigenvalue weighted by molar-refractivity contribution is 5.73. The Morgan fingerprint density at radius 1 is 1.14 bits per heavy atom. The fraction of sp³-hybridized carbons (Fsp3) is 0.522. The largest absolute Gasteiger partial charge is 0.467 e. The Morgan fingerprint density at radius 3 is 2.62 bits per heavy atom. The smallest absolute Gasteiger partial charge is 0.315 e. The van der Waals surface area contributed by atoms with E-state index in [-0.39, 0.29) is 6.03 Å². The summed E-state index contributed by atoms with van der Waals surface area (Å²) >= 11 is 0. The Morgan fingerprint density at radius 2 is 1.90 bits per heavy atom. The molecule has 0 atom stereocenters. The maximum atomic E-state index is 11.9. The molecule has 1 saturated heterocycles. The second-order valence-electron chi connectivity index (χ2n) is 7.87. The van der Waals surface area contributed by atoms with E-state index < -0.39 is 0 Å². The van der Waals surface area contributed by atoms with Gasteiger partial charge in [-0.2, -0.15) is 0 Å². The first-order chi connectivity index (χ1) is 14.2. The van der Waals surface area contributed by atoms with Gasteiger partial charge in [-0.05, 0) is 61.5 Å². The molecule has 1 fully saturated rings. The number of hydrogen-bond donors (Lipinski definition) is 2. The third-order valence-electron chi connectivity index (χ3n) is 5.33. The third-order valence-corrected chi connectivity index (χ3v) is 5.33. The lowest BCUT2D eigenvalue weighted by Gasteiger charge is -2.30. The number of ether oxygens (including phenoxy) is 1. The number of benzene rings is 1. The molecule has 1 aromatic heterocycles. The molecule has 2 heterocycles. The molecule has 2 N–H and O–H groups in total. The standard InChI is InChI=1S/C23H33N3O3/c1-19-9-12-26(13-10-19)17-21-7-5-20(6-8-21)16-25-23(27)24-11-3-14-28-18-22-4-2-15-29-22/h2,4-8,15,19H,3,9-14,16-18H2,1H3,(H2,24,25,27).